The van der Waals surface area contributed by atoms with E-state index < -0.39 is 0 Å². The van der Waals surface area contributed by atoms with Crippen LogP contribution in [0.2, 0.25) is 0 Å². The van der Waals surface area contributed by atoms with Crippen LogP contribution in [0.1, 0.15) is 12.2 Å². The van der Waals surface area contributed by atoms with Gasteiger partial charge in [0.25, 0.3) is 0 Å². The van der Waals surface area contributed by atoms with Crippen LogP contribution in [-0.2, 0) is 11.3 Å². The highest BCUT2D eigenvalue weighted by molar-refractivity contribution is 14.0. The highest BCUT2D eigenvalue weighted by atomic mass is 127. The number of methoxy groups -OCH3 is 1. The maximum Gasteiger partial charge on any atom is 0.191 e. The van der Waals surface area contributed by atoms with Crippen LogP contribution in [0.3, 0.4) is 0 Å². The molecule has 0 bridgehead atoms. The lowest BCUT2D eigenvalue weighted by Gasteiger charge is -2.10. The molecule has 0 aliphatic rings. The van der Waals surface area contributed by atoms with Crippen LogP contribution in [0.4, 0.5) is 0 Å². The highest BCUT2D eigenvalue weighted by Gasteiger charge is 2.05. The number of hydrogen-bond donors (Lipinski definition) is 2. The minimum atomic E-state index is 0. The topological polar surface area (TPSA) is 75.8 Å². The summed E-state index contributed by atoms with van der Waals surface area (Å²) in [6.45, 7) is 2.11. The van der Waals surface area contributed by atoms with Crippen molar-refractivity contribution < 1.29 is 4.74 Å². The molecule has 2 heterocycles. The largest absolute Gasteiger partial charge is 0.385 e. The van der Waals surface area contributed by atoms with Gasteiger partial charge in [-0.15, -0.1) is 34.2 Å². The van der Waals surface area contributed by atoms with E-state index in [2.05, 4.69) is 25.8 Å². The average Bonchev–Trinajstić information content (AvgIpc) is 2.90. The zero-order valence-electron chi connectivity index (χ0n) is 12.2. The molecular formula is C13H21IN6O. The summed E-state index contributed by atoms with van der Waals surface area (Å²) in [5.41, 5.74) is 0.840. The SMILES string of the molecule is CN=C(NCCCOC)NCc1nnc2ccccn12.I. The molecule has 116 valence electrons. The van der Waals surface area contributed by atoms with Gasteiger partial charge in [0.2, 0.25) is 0 Å². The number of nitrogens with zero attached hydrogens (tertiary/aromatic N) is 4. The summed E-state index contributed by atoms with van der Waals surface area (Å²) < 4.78 is 6.95. The molecule has 0 amide bonds. The number of nitrogens with one attached hydrogen (secondary N) is 2. The zero-order valence-corrected chi connectivity index (χ0v) is 14.6. The molecule has 21 heavy (non-hydrogen) atoms. The maximum absolute atomic E-state index is 5.00. The van der Waals surface area contributed by atoms with Gasteiger partial charge in [0.15, 0.2) is 17.4 Å². The van der Waals surface area contributed by atoms with Crippen LogP contribution < -0.4 is 10.6 Å². The molecule has 0 aliphatic carbocycles. The number of aromatic nitrogens is 3. The predicted octanol–water partition coefficient (Wildman–Crippen LogP) is 1.05. The van der Waals surface area contributed by atoms with Crippen molar-refractivity contribution in [3.8, 4) is 0 Å². The van der Waals surface area contributed by atoms with Crippen LogP contribution in [-0.4, -0.2) is 47.9 Å². The van der Waals surface area contributed by atoms with Crippen LogP contribution >= 0.6 is 24.0 Å². The molecule has 0 fully saturated rings. The minimum Gasteiger partial charge on any atom is -0.385 e. The maximum atomic E-state index is 5.00. The van der Waals surface area contributed by atoms with Crippen LogP contribution in [0.25, 0.3) is 5.65 Å². The van der Waals surface area contributed by atoms with E-state index in [0.717, 1.165) is 37.0 Å². The van der Waals surface area contributed by atoms with E-state index in [0.29, 0.717) is 6.54 Å². The van der Waals surface area contributed by atoms with Crippen molar-refractivity contribution in [3.05, 3.63) is 30.2 Å². The van der Waals surface area contributed by atoms with E-state index in [1.807, 2.05) is 28.8 Å². The second-order valence-electron chi connectivity index (χ2n) is 4.24. The second kappa shape index (κ2) is 9.50. The number of hydrogen-bond acceptors (Lipinski definition) is 4. The Balaban J connectivity index is 0.00000220. The number of halogens is 1. The van der Waals surface area contributed by atoms with E-state index in [4.69, 9.17) is 4.74 Å². The summed E-state index contributed by atoms with van der Waals surface area (Å²) in [4.78, 5) is 4.16. The Kier molecular flexibility index (Phi) is 7.98. The van der Waals surface area contributed by atoms with Crippen molar-refractivity contribution in [2.24, 2.45) is 4.99 Å². The summed E-state index contributed by atoms with van der Waals surface area (Å²) in [6, 6.07) is 5.82. The molecule has 0 radical (unpaired) electrons. The molecule has 0 aliphatic heterocycles. The van der Waals surface area contributed by atoms with Gasteiger partial charge in [0.05, 0.1) is 6.54 Å². The van der Waals surface area contributed by atoms with E-state index in [9.17, 15) is 0 Å². The summed E-state index contributed by atoms with van der Waals surface area (Å²) in [7, 11) is 3.44. The number of ether oxygens (including phenoxy) is 1. The van der Waals surface area contributed by atoms with Gasteiger partial charge in [-0.25, -0.2) is 0 Å². The first-order valence-corrected chi connectivity index (χ1v) is 6.57. The molecule has 2 aromatic heterocycles. The highest BCUT2D eigenvalue weighted by Crippen LogP contribution is 2.01. The quantitative estimate of drug-likeness (QED) is 0.326. The van der Waals surface area contributed by atoms with Crippen molar-refractivity contribution in [2.75, 3.05) is 27.3 Å². The first-order valence-electron chi connectivity index (χ1n) is 6.57. The average molecular weight is 404 g/mol. The third-order valence-corrected chi connectivity index (χ3v) is 2.84. The Hall–Kier alpha value is -1.42. The lowest BCUT2D eigenvalue weighted by atomic mass is 10.4. The summed E-state index contributed by atoms with van der Waals surface area (Å²) >= 11 is 0. The third kappa shape index (κ3) is 5.12. The van der Waals surface area contributed by atoms with Gasteiger partial charge in [-0.2, -0.15) is 0 Å². The smallest absolute Gasteiger partial charge is 0.191 e. The Bertz CT molecular complexity index is 571. The summed E-state index contributed by atoms with van der Waals surface area (Å²) in [5, 5.41) is 14.7. The fourth-order valence-corrected chi connectivity index (χ4v) is 1.82. The van der Waals surface area contributed by atoms with Gasteiger partial charge < -0.3 is 15.4 Å². The van der Waals surface area contributed by atoms with Crippen LogP contribution in [0.15, 0.2) is 29.4 Å². The molecule has 8 heteroatoms. The van der Waals surface area contributed by atoms with Crippen LogP contribution in [0.5, 0.6) is 0 Å². The van der Waals surface area contributed by atoms with Gasteiger partial charge in [-0.05, 0) is 18.6 Å². The molecule has 0 saturated carbocycles. The van der Waals surface area contributed by atoms with Crippen molar-refractivity contribution in [1.82, 2.24) is 25.2 Å². The summed E-state index contributed by atoms with van der Waals surface area (Å²) in [6.07, 6.45) is 2.88. The van der Waals surface area contributed by atoms with Crippen molar-refractivity contribution in [1.29, 1.82) is 0 Å². The number of rotatable bonds is 6. The normalized spacial score (nSPS) is 11.2. The van der Waals surface area contributed by atoms with Gasteiger partial charge in [-0.1, -0.05) is 6.07 Å². The molecule has 0 unspecified atom stereocenters. The lowest BCUT2D eigenvalue weighted by molar-refractivity contribution is 0.195. The first kappa shape index (κ1) is 17.6. The number of fused-ring (bicyclic) bond motifs is 1. The van der Waals surface area contributed by atoms with Gasteiger partial charge in [-0.3, -0.25) is 9.39 Å². The van der Waals surface area contributed by atoms with Crippen molar-refractivity contribution in [3.63, 3.8) is 0 Å². The van der Waals surface area contributed by atoms with E-state index in [1.165, 1.54) is 0 Å². The molecule has 0 saturated heterocycles. The number of aliphatic imine (C=N–C) groups is 1. The monoisotopic (exact) mass is 404 g/mol. The Morgan fingerprint density at radius 2 is 2.19 bits per heavy atom. The van der Waals surface area contributed by atoms with E-state index >= 15 is 0 Å². The minimum absolute atomic E-state index is 0. The van der Waals surface area contributed by atoms with Gasteiger partial charge in [0, 0.05) is 33.5 Å². The lowest BCUT2D eigenvalue weighted by Crippen LogP contribution is -2.37. The molecule has 0 aromatic carbocycles. The first-order chi connectivity index (χ1) is 9.85. The van der Waals surface area contributed by atoms with Crippen molar-refractivity contribution in [2.45, 2.75) is 13.0 Å². The Morgan fingerprint density at radius 3 is 2.95 bits per heavy atom. The molecular weight excluding hydrogens is 383 g/mol. The van der Waals surface area contributed by atoms with Gasteiger partial charge in [0.1, 0.15) is 0 Å². The molecule has 0 atom stereocenters. The van der Waals surface area contributed by atoms with Gasteiger partial charge >= 0.3 is 0 Å². The molecule has 0 spiro atoms. The van der Waals surface area contributed by atoms with Crippen molar-refractivity contribution >= 4 is 35.6 Å². The Morgan fingerprint density at radius 1 is 1.33 bits per heavy atom. The fourth-order valence-electron chi connectivity index (χ4n) is 1.82. The van der Waals surface area contributed by atoms with E-state index in [-0.39, 0.29) is 24.0 Å². The third-order valence-electron chi connectivity index (χ3n) is 2.84. The standard InChI is InChI=1S/C13H20N6O.HI/c1-14-13(15-7-5-9-20-2)16-10-12-18-17-11-6-3-4-8-19(11)12;/h3-4,6,8H,5,7,9-10H2,1-2H3,(H2,14,15,16);1H. The van der Waals surface area contributed by atoms with Crippen LogP contribution in [0, 0.1) is 0 Å². The zero-order chi connectivity index (χ0) is 14.2. The summed E-state index contributed by atoms with van der Waals surface area (Å²) in [5.74, 6) is 1.59. The predicted molar refractivity (Wildman–Crippen MR) is 93.1 cm³/mol. The number of guanidine groups is 1. The Labute approximate surface area is 141 Å². The molecule has 2 aromatic rings. The molecule has 7 nitrogen and oxygen atoms in total. The molecule has 2 rings (SSSR count). The number of pyridine rings is 1. The van der Waals surface area contributed by atoms with E-state index in [1.54, 1.807) is 14.2 Å². The molecule has 2 N–H and O–H groups in total. The second-order valence-corrected chi connectivity index (χ2v) is 4.24. The fraction of sp³-hybridized carbons (Fsp3) is 0.462.